The van der Waals surface area contributed by atoms with Crippen molar-refractivity contribution < 1.29 is 14.3 Å². The Bertz CT molecular complexity index is 1600. The topological polar surface area (TPSA) is 78.0 Å². The van der Waals surface area contributed by atoms with E-state index in [1.165, 1.54) is 20.0 Å². The summed E-state index contributed by atoms with van der Waals surface area (Å²) in [5, 5.41) is 1.90. The first-order valence-corrected chi connectivity index (χ1v) is 15.6. The second kappa shape index (κ2) is 13.2. The average Bonchev–Trinajstić information content (AvgIpc) is 3.41. The lowest BCUT2D eigenvalue weighted by Gasteiger charge is -2.40. The van der Waals surface area contributed by atoms with E-state index in [9.17, 15) is 9.59 Å². The lowest BCUT2D eigenvalue weighted by atomic mass is 9.95. The SMILES string of the molecule is COC(=O)N(NC(=O)c1c(CN2CCN(C3CC(C)CC3C)CC2)c(-c2ccccc2)nc2ccccc12)c1ccccc1. The van der Waals surface area contributed by atoms with E-state index in [2.05, 4.69) is 29.1 Å². The molecule has 1 saturated carbocycles. The van der Waals surface area contributed by atoms with Crippen LogP contribution >= 0.6 is 0 Å². The van der Waals surface area contributed by atoms with E-state index in [1.807, 2.05) is 72.8 Å². The molecule has 1 aromatic heterocycles. The van der Waals surface area contributed by atoms with Crippen LogP contribution in [0.25, 0.3) is 22.2 Å². The van der Waals surface area contributed by atoms with Gasteiger partial charge in [0.1, 0.15) is 0 Å². The standard InChI is InChI=1S/C36H41N5O3/c1-25-22-26(2)32(23-25)40-20-18-39(19-21-40)24-30-33(35(42)38-41(36(43)44-3)28-14-8-5-9-15-28)29-16-10-11-17-31(29)37-34(30)27-12-6-4-7-13-27/h4-17,25-26,32H,18-24H2,1-3H3,(H,38,42). The van der Waals surface area contributed by atoms with Crippen LogP contribution in [0.4, 0.5) is 10.5 Å². The van der Waals surface area contributed by atoms with Crippen molar-refractivity contribution in [1.82, 2.24) is 20.2 Å². The molecule has 3 unspecified atom stereocenters. The highest BCUT2D eigenvalue weighted by atomic mass is 16.5. The monoisotopic (exact) mass is 591 g/mol. The largest absolute Gasteiger partial charge is 0.451 e. The summed E-state index contributed by atoms with van der Waals surface area (Å²) in [6, 6.07) is 27.4. The Balaban J connectivity index is 1.38. The fourth-order valence-electron chi connectivity index (χ4n) is 7.06. The third-order valence-electron chi connectivity index (χ3n) is 9.18. The van der Waals surface area contributed by atoms with Crippen molar-refractivity contribution >= 4 is 28.6 Å². The number of nitrogens with one attached hydrogen (secondary N) is 1. The number of hydrogen-bond acceptors (Lipinski definition) is 6. The third-order valence-corrected chi connectivity index (χ3v) is 9.18. The maximum Gasteiger partial charge on any atom is 0.433 e. The van der Waals surface area contributed by atoms with Crippen LogP contribution in [0.1, 0.15) is 42.6 Å². The summed E-state index contributed by atoms with van der Waals surface area (Å²) in [6.45, 7) is 9.18. The number of hydrazine groups is 1. The van der Waals surface area contributed by atoms with Crippen molar-refractivity contribution in [2.24, 2.45) is 11.8 Å². The van der Waals surface area contributed by atoms with Crippen molar-refractivity contribution in [2.75, 3.05) is 38.3 Å². The van der Waals surface area contributed by atoms with Gasteiger partial charge in [0.25, 0.3) is 5.91 Å². The minimum Gasteiger partial charge on any atom is -0.451 e. The Hall–Kier alpha value is -4.27. The summed E-state index contributed by atoms with van der Waals surface area (Å²) in [6.07, 6.45) is 1.90. The highest BCUT2D eigenvalue weighted by molar-refractivity contribution is 6.10. The molecule has 3 atom stereocenters. The van der Waals surface area contributed by atoms with Crippen LogP contribution in [0.2, 0.25) is 0 Å². The molecule has 1 aliphatic heterocycles. The second-order valence-electron chi connectivity index (χ2n) is 12.2. The van der Waals surface area contributed by atoms with E-state index >= 15 is 0 Å². The number of carbonyl (C=O) groups excluding carboxylic acids is 2. The molecule has 3 aromatic carbocycles. The van der Waals surface area contributed by atoms with E-state index in [1.54, 1.807) is 12.1 Å². The molecule has 8 nitrogen and oxygen atoms in total. The van der Waals surface area contributed by atoms with Crippen LogP contribution in [-0.2, 0) is 11.3 Å². The fraction of sp³-hybridized carbons (Fsp3) is 0.361. The maximum absolute atomic E-state index is 14.4. The van der Waals surface area contributed by atoms with Gasteiger partial charge in [0.15, 0.2) is 0 Å². The first-order valence-electron chi connectivity index (χ1n) is 15.6. The molecule has 0 radical (unpaired) electrons. The number of aromatic nitrogens is 1. The molecular weight excluding hydrogens is 550 g/mol. The van der Waals surface area contributed by atoms with Gasteiger partial charge in [0.2, 0.25) is 0 Å². The molecule has 1 aliphatic carbocycles. The third kappa shape index (κ3) is 6.18. The van der Waals surface area contributed by atoms with Gasteiger partial charge in [-0.25, -0.2) is 9.78 Å². The predicted molar refractivity (Wildman–Crippen MR) is 174 cm³/mol. The molecule has 2 fully saturated rings. The molecule has 1 N–H and O–H groups in total. The van der Waals surface area contributed by atoms with E-state index in [4.69, 9.17) is 9.72 Å². The number of hydrogen-bond donors (Lipinski definition) is 1. The van der Waals surface area contributed by atoms with E-state index in [-0.39, 0.29) is 0 Å². The number of carbonyl (C=O) groups is 2. The molecule has 8 heteroatoms. The van der Waals surface area contributed by atoms with Crippen LogP contribution in [-0.4, -0.2) is 66.1 Å². The zero-order valence-electron chi connectivity index (χ0n) is 25.8. The van der Waals surface area contributed by atoms with Gasteiger partial charge in [-0.3, -0.25) is 20.0 Å². The lowest BCUT2D eigenvalue weighted by molar-refractivity contribution is 0.0778. The Morgan fingerprint density at radius 3 is 2.20 bits per heavy atom. The summed E-state index contributed by atoms with van der Waals surface area (Å²) in [4.78, 5) is 37.5. The summed E-state index contributed by atoms with van der Waals surface area (Å²) in [5.74, 6) is 1.12. The van der Waals surface area contributed by atoms with E-state index in [0.29, 0.717) is 23.8 Å². The minimum atomic E-state index is -0.681. The van der Waals surface area contributed by atoms with Gasteiger partial charge in [0, 0.05) is 55.3 Å². The number of methoxy groups -OCH3 is 1. The van der Waals surface area contributed by atoms with E-state index in [0.717, 1.165) is 70.7 Å². The zero-order chi connectivity index (χ0) is 30.6. The van der Waals surface area contributed by atoms with Crippen LogP contribution in [0.3, 0.4) is 0 Å². The second-order valence-corrected chi connectivity index (χ2v) is 12.2. The van der Waals surface area contributed by atoms with Crippen LogP contribution < -0.4 is 10.4 Å². The molecule has 2 heterocycles. The molecule has 0 bridgehead atoms. The van der Waals surface area contributed by atoms with Crippen LogP contribution in [0, 0.1) is 11.8 Å². The van der Waals surface area contributed by atoms with Crippen molar-refractivity contribution in [3.8, 4) is 11.3 Å². The predicted octanol–water partition coefficient (Wildman–Crippen LogP) is 6.37. The number of piperazine rings is 1. The molecule has 44 heavy (non-hydrogen) atoms. The van der Waals surface area contributed by atoms with Gasteiger partial charge in [0.05, 0.1) is 29.6 Å². The summed E-state index contributed by atoms with van der Waals surface area (Å²) in [7, 11) is 1.30. The number of para-hydroxylation sites is 2. The molecule has 228 valence electrons. The van der Waals surface area contributed by atoms with Gasteiger partial charge in [-0.05, 0) is 42.9 Å². The van der Waals surface area contributed by atoms with Crippen molar-refractivity contribution in [1.29, 1.82) is 0 Å². The van der Waals surface area contributed by atoms with Crippen molar-refractivity contribution in [3.05, 3.63) is 96.1 Å². The first-order chi connectivity index (χ1) is 21.4. The number of fused-ring (bicyclic) bond motifs is 1. The highest BCUT2D eigenvalue weighted by Crippen LogP contribution is 2.35. The van der Waals surface area contributed by atoms with Gasteiger partial charge < -0.3 is 4.74 Å². The van der Waals surface area contributed by atoms with Crippen molar-refractivity contribution in [2.45, 2.75) is 39.3 Å². The van der Waals surface area contributed by atoms with E-state index < -0.39 is 12.0 Å². The smallest absolute Gasteiger partial charge is 0.433 e. The molecule has 1 saturated heterocycles. The number of anilines is 1. The van der Waals surface area contributed by atoms with Gasteiger partial charge >= 0.3 is 6.09 Å². The number of benzene rings is 3. The van der Waals surface area contributed by atoms with Gasteiger partial charge in [-0.1, -0.05) is 80.6 Å². The molecule has 0 spiro atoms. The Morgan fingerprint density at radius 1 is 0.886 bits per heavy atom. The number of nitrogens with zero attached hydrogens (tertiary/aromatic N) is 4. The normalized spacial score (nSPS) is 20.8. The minimum absolute atomic E-state index is 0.391. The lowest BCUT2D eigenvalue weighted by Crippen LogP contribution is -2.51. The molecular formula is C36H41N5O3. The molecule has 2 aliphatic rings. The molecule has 6 rings (SSSR count). The van der Waals surface area contributed by atoms with Crippen molar-refractivity contribution in [3.63, 3.8) is 0 Å². The summed E-state index contributed by atoms with van der Waals surface area (Å²) in [5.41, 5.74) is 7.18. The Morgan fingerprint density at radius 2 is 1.55 bits per heavy atom. The number of ether oxygens (including phenoxy) is 1. The number of rotatable bonds is 6. The molecule has 2 amide bonds. The Kier molecular flexibility index (Phi) is 8.91. The number of pyridine rings is 1. The number of amides is 2. The summed E-state index contributed by atoms with van der Waals surface area (Å²) >= 11 is 0. The zero-order valence-corrected chi connectivity index (χ0v) is 25.8. The quantitative estimate of drug-likeness (QED) is 0.263. The van der Waals surface area contributed by atoms with Gasteiger partial charge in [-0.2, -0.15) is 5.01 Å². The van der Waals surface area contributed by atoms with Crippen LogP contribution in [0.5, 0.6) is 0 Å². The molecule has 4 aromatic rings. The fourth-order valence-corrected chi connectivity index (χ4v) is 7.06. The first kappa shape index (κ1) is 29.8. The maximum atomic E-state index is 14.4. The average molecular weight is 592 g/mol. The summed E-state index contributed by atoms with van der Waals surface area (Å²) < 4.78 is 5.05. The Labute approximate surface area is 259 Å². The van der Waals surface area contributed by atoms with Crippen LogP contribution in [0.15, 0.2) is 84.9 Å². The van der Waals surface area contributed by atoms with Gasteiger partial charge in [-0.15, -0.1) is 0 Å². The highest BCUT2D eigenvalue weighted by Gasteiger charge is 2.35.